The maximum Gasteiger partial charge on any atom is 0.279 e. The van der Waals surface area contributed by atoms with Crippen LogP contribution in [0, 0.1) is 19.7 Å². The third-order valence-electron chi connectivity index (χ3n) is 3.72. The van der Waals surface area contributed by atoms with Crippen LogP contribution in [0.4, 0.5) is 4.39 Å². The number of carbonyl (C=O) groups excluding carboxylic acids is 2. The summed E-state index contributed by atoms with van der Waals surface area (Å²) < 4.78 is 23.8. The molecule has 0 unspecified atom stereocenters. The van der Waals surface area contributed by atoms with Crippen LogP contribution >= 0.6 is 0 Å². The van der Waals surface area contributed by atoms with Crippen molar-refractivity contribution in [2.24, 2.45) is 0 Å². The molecule has 0 aliphatic heterocycles. The van der Waals surface area contributed by atoms with Crippen molar-refractivity contribution in [3.63, 3.8) is 0 Å². The van der Waals surface area contributed by atoms with Gasteiger partial charge in [-0.25, -0.2) is 4.39 Å². The predicted octanol–water partition coefficient (Wildman–Crippen LogP) is 2.44. The van der Waals surface area contributed by atoms with Gasteiger partial charge in [0.1, 0.15) is 17.3 Å². The summed E-state index contributed by atoms with van der Waals surface area (Å²) >= 11 is 0. The first-order chi connectivity index (χ1) is 12.4. The van der Waals surface area contributed by atoms with E-state index in [9.17, 15) is 14.0 Å². The lowest BCUT2D eigenvalue weighted by Gasteiger charge is -2.17. The van der Waals surface area contributed by atoms with Gasteiger partial charge in [-0.15, -0.1) is 0 Å². The van der Waals surface area contributed by atoms with Crippen LogP contribution in [-0.2, 0) is 9.59 Å². The predicted molar refractivity (Wildman–Crippen MR) is 94.2 cm³/mol. The Morgan fingerprint density at radius 1 is 1.12 bits per heavy atom. The molecule has 0 radical (unpaired) electrons. The smallest absolute Gasteiger partial charge is 0.279 e. The summed E-state index contributed by atoms with van der Waals surface area (Å²) in [5.74, 6) is -0.730. The van der Waals surface area contributed by atoms with Crippen molar-refractivity contribution >= 4 is 11.8 Å². The molecular formula is C19H21FN2O4. The number of halogens is 1. The van der Waals surface area contributed by atoms with Gasteiger partial charge in [-0.05, 0) is 50.1 Å². The maximum atomic E-state index is 13.0. The monoisotopic (exact) mass is 360 g/mol. The van der Waals surface area contributed by atoms with Gasteiger partial charge in [0.15, 0.2) is 12.7 Å². The van der Waals surface area contributed by atoms with E-state index in [1.165, 1.54) is 18.2 Å². The Bertz CT molecular complexity index is 795. The molecule has 1 atom stereocenters. The van der Waals surface area contributed by atoms with Gasteiger partial charge < -0.3 is 9.47 Å². The number of hydrogen-bond acceptors (Lipinski definition) is 4. The van der Waals surface area contributed by atoms with E-state index in [0.29, 0.717) is 5.75 Å². The zero-order valence-corrected chi connectivity index (χ0v) is 14.8. The Labute approximate surface area is 151 Å². The second-order valence-corrected chi connectivity index (χ2v) is 5.74. The fourth-order valence-electron chi connectivity index (χ4n) is 2.07. The number of ether oxygens (including phenoxy) is 2. The van der Waals surface area contributed by atoms with Crippen molar-refractivity contribution in [2.45, 2.75) is 26.9 Å². The quantitative estimate of drug-likeness (QED) is 0.776. The molecule has 2 amide bonds. The Balaban J connectivity index is 1.78. The fraction of sp³-hybridized carbons (Fsp3) is 0.263. The third-order valence-corrected chi connectivity index (χ3v) is 3.72. The first-order valence-corrected chi connectivity index (χ1v) is 8.06. The van der Waals surface area contributed by atoms with Crippen LogP contribution in [0.3, 0.4) is 0 Å². The Kier molecular flexibility index (Phi) is 6.54. The van der Waals surface area contributed by atoms with Gasteiger partial charge in [-0.1, -0.05) is 18.2 Å². The van der Waals surface area contributed by atoms with Gasteiger partial charge in [0.05, 0.1) is 0 Å². The van der Waals surface area contributed by atoms with Gasteiger partial charge in [0, 0.05) is 6.07 Å². The minimum atomic E-state index is -0.806. The minimum absolute atomic E-state index is 0.220. The van der Waals surface area contributed by atoms with Crippen LogP contribution in [0.1, 0.15) is 18.1 Å². The van der Waals surface area contributed by atoms with Crippen LogP contribution in [0.15, 0.2) is 42.5 Å². The van der Waals surface area contributed by atoms with E-state index in [2.05, 4.69) is 10.9 Å². The summed E-state index contributed by atoms with van der Waals surface area (Å²) in [4.78, 5) is 23.7. The van der Waals surface area contributed by atoms with Gasteiger partial charge in [0.2, 0.25) is 0 Å². The van der Waals surface area contributed by atoms with Gasteiger partial charge in [-0.2, -0.15) is 0 Å². The average molecular weight is 360 g/mol. The highest BCUT2D eigenvalue weighted by Gasteiger charge is 2.16. The van der Waals surface area contributed by atoms with Crippen LogP contribution in [-0.4, -0.2) is 24.5 Å². The van der Waals surface area contributed by atoms with E-state index in [4.69, 9.17) is 9.47 Å². The summed E-state index contributed by atoms with van der Waals surface area (Å²) in [5.41, 5.74) is 6.49. The summed E-state index contributed by atoms with van der Waals surface area (Å²) in [6, 6.07) is 11.0. The number of aryl methyl sites for hydroxylation is 1. The lowest BCUT2D eigenvalue weighted by atomic mass is 10.1. The molecule has 2 rings (SSSR count). The summed E-state index contributed by atoms with van der Waals surface area (Å²) in [6.45, 7) is 5.06. The average Bonchev–Trinajstić information content (AvgIpc) is 2.61. The second-order valence-electron chi connectivity index (χ2n) is 5.74. The summed E-state index contributed by atoms with van der Waals surface area (Å²) in [6.07, 6.45) is -0.806. The molecule has 0 aliphatic rings. The lowest BCUT2D eigenvalue weighted by Crippen LogP contribution is -2.48. The molecule has 0 fully saturated rings. The van der Waals surface area contributed by atoms with Crippen molar-refractivity contribution in [3.8, 4) is 11.5 Å². The largest absolute Gasteiger partial charge is 0.484 e. The Morgan fingerprint density at radius 2 is 1.85 bits per heavy atom. The Hall–Kier alpha value is -3.09. The number of nitrogens with one attached hydrogen (secondary N) is 2. The van der Waals surface area contributed by atoms with E-state index >= 15 is 0 Å². The zero-order chi connectivity index (χ0) is 19.1. The highest BCUT2D eigenvalue weighted by molar-refractivity contribution is 5.85. The first kappa shape index (κ1) is 19.2. The topological polar surface area (TPSA) is 76.7 Å². The lowest BCUT2D eigenvalue weighted by molar-refractivity contribution is -0.133. The van der Waals surface area contributed by atoms with Gasteiger partial charge >= 0.3 is 0 Å². The number of benzene rings is 2. The van der Waals surface area contributed by atoms with Crippen molar-refractivity contribution in [3.05, 3.63) is 59.4 Å². The molecule has 0 saturated heterocycles. The number of hydrazine groups is 1. The van der Waals surface area contributed by atoms with E-state index in [0.717, 1.165) is 17.2 Å². The number of hydrogen-bond donors (Lipinski definition) is 2. The number of amides is 2. The number of carbonyl (C=O) groups is 2. The van der Waals surface area contributed by atoms with E-state index in [1.807, 2.05) is 26.0 Å². The van der Waals surface area contributed by atoms with E-state index in [-0.39, 0.29) is 12.4 Å². The second kappa shape index (κ2) is 8.84. The SMILES string of the molecule is Cc1cccc(O[C@H](C)C(=O)NNC(=O)COc2cccc(F)c2)c1C. The van der Waals surface area contributed by atoms with Crippen LogP contribution < -0.4 is 20.3 Å². The van der Waals surface area contributed by atoms with Crippen LogP contribution in [0.25, 0.3) is 0 Å². The van der Waals surface area contributed by atoms with E-state index in [1.54, 1.807) is 13.0 Å². The van der Waals surface area contributed by atoms with Gasteiger partial charge in [0.25, 0.3) is 11.8 Å². The summed E-state index contributed by atoms with van der Waals surface area (Å²) in [7, 11) is 0. The maximum absolute atomic E-state index is 13.0. The molecule has 0 heterocycles. The molecule has 2 aromatic carbocycles. The van der Waals surface area contributed by atoms with Crippen molar-refractivity contribution in [1.82, 2.24) is 10.9 Å². The van der Waals surface area contributed by atoms with E-state index < -0.39 is 23.7 Å². The van der Waals surface area contributed by atoms with Crippen LogP contribution in [0.2, 0.25) is 0 Å². The highest BCUT2D eigenvalue weighted by atomic mass is 19.1. The molecule has 26 heavy (non-hydrogen) atoms. The Morgan fingerprint density at radius 3 is 2.58 bits per heavy atom. The molecule has 0 saturated carbocycles. The first-order valence-electron chi connectivity index (χ1n) is 8.06. The molecule has 0 aliphatic carbocycles. The van der Waals surface area contributed by atoms with Crippen molar-refractivity contribution in [1.29, 1.82) is 0 Å². The molecule has 0 spiro atoms. The molecule has 0 aromatic heterocycles. The number of rotatable bonds is 6. The third kappa shape index (κ3) is 5.47. The molecule has 2 N–H and O–H groups in total. The molecule has 138 valence electrons. The summed E-state index contributed by atoms with van der Waals surface area (Å²) in [5, 5.41) is 0. The highest BCUT2D eigenvalue weighted by Crippen LogP contribution is 2.21. The molecular weight excluding hydrogens is 339 g/mol. The van der Waals surface area contributed by atoms with Gasteiger partial charge in [-0.3, -0.25) is 20.4 Å². The normalized spacial score (nSPS) is 11.4. The van der Waals surface area contributed by atoms with Crippen LogP contribution in [0.5, 0.6) is 11.5 Å². The molecule has 7 heteroatoms. The van der Waals surface area contributed by atoms with Crippen molar-refractivity contribution < 1.29 is 23.5 Å². The van der Waals surface area contributed by atoms with Crippen molar-refractivity contribution in [2.75, 3.05) is 6.61 Å². The molecule has 6 nitrogen and oxygen atoms in total. The minimum Gasteiger partial charge on any atom is -0.484 e. The fourth-order valence-corrected chi connectivity index (χ4v) is 2.07. The zero-order valence-electron chi connectivity index (χ0n) is 14.8. The molecule has 0 bridgehead atoms. The molecule has 2 aromatic rings. The standard InChI is InChI=1S/C19H21FN2O4/c1-12-6-4-9-17(13(12)2)26-14(3)19(24)22-21-18(23)11-25-16-8-5-7-15(20)10-16/h4-10,14H,11H2,1-3H3,(H,21,23)(H,22,24)/t14-/m1/s1.